The summed E-state index contributed by atoms with van der Waals surface area (Å²) in [5.41, 5.74) is 1.19. The van der Waals surface area contributed by atoms with E-state index < -0.39 is 5.97 Å². The molecule has 1 aliphatic rings. The van der Waals surface area contributed by atoms with Crippen LogP contribution in [0, 0.1) is 0 Å². The summed E-state index contributed by atoms with van der Waals surface area (Å²) in [6, 6.07) is 0. The third-order valence-corrected chi connectivity index (χ3v) is 2.53. The number of carboxylic acids is 1. The van der Waals surface area contributed by atoms with Gasteiger partial charge >= 0.3 is 5.97 Å². The molecule has 0 fully saturated rings. The van der Waals surface area contributed by atoms with Crippen LogP contribution in [0.25, 0.3) is 0 Å². The van der Waals surface area contributed by atoms with Crippen LogP contribution in [0.5, 0.6) is 0 Å². The van der Waals surface area contributed by atoms with E-state index in [1.807, 2.05) is 6.21 Å². The number of carboxylic acid groups (broad SMARTS) is 1. The fraction of sp³-hybridized carbons (Fsp3) is 0.583. The van der Waals surface area contributed by atoms with E-state index in [1.165, 1.54) is 5.57 Å². The highest BCUT2D eigenvalue weighted by Crippen LogP contribution is 2.12. The second kappa shape index (κ2) is 7.60. The van der Waals surface area contributed by atoms with Crippen LogP contribution in [-0.4, -0.2) is 29.7 Å². The molecule has 0 saturated carbocycles. The average Bonchev–Trinajstić information content (AvgIpc) is 2.78. The molecule has 1 amide bonds. The molecule has 1 rings (SSSR count). The summed E-state index contributed by atoms with van der Waals surface area (Å²) in [5.74, 6) is -0.766. The zero-order valence-corrected chi connectivity index (χ0v) is 9.82. The predicted octanol–water partition coefficient (Wildman–Crippen LogP) is 1.50. The smallest absolute Gasteiger partial charge is 0.303 e. The van der Waals surface area contributed by atoms with Crippen molar-refractivity contribution < 1.29 is 14.7 Å². The van der Waals surface area contributed by atoms with E-state index in [0.29, 0.717) is 25.8 Å². The number of aliphatic imine (C=N–C) groups is 1. The van der Waals surface area contributed by atoms with E-state index in [2.05, 4.69) is 10.3 Å². The van der Waals surface area contributed by atoms with Gasteiger partial charge in [-0.2, -0.15) is 0 Å². The molecule has 1 heterocycles. The standard InChI is InChI=1S/C12H18N2O3/c15-11(5-4-10-6-8-13-9-10)14-7-2-1-3-12(16)17/h8-9H,1-7H2,(H,14,15)(H,16,17). The number of carbonyl (C=O) groups excluding carboxylic acids is 1. The highest BCUT2D eigenvalue weighted by molar-refractivity contribution is 5.76. The molecule has 0 unspecified atom stereocenters. The van der Waals surface area contributed by atoms with E-state index in [-0.39, 0.29) is 12.3 Å². The van der Waals surface area contributed by atoms with Gasteiger partial charge in [0.1, 0.15) is 0 Å². The molecule has 0 spiro atoms. The first-order valence-electron chi connectivity index (χ1n) is 5.86. The van der Waals surface area contributed by atoms with E-state index in [9.17, 15) is 9.59 Å². The summed E-state index contributed by atoms with van der Waals surface area (Å²) in [7, 11) is 0. The van der Waals surface area contributed by atoms with E-state index in [0.717, 1.165) is 12.8 Å². The maximum absolute atomic E-state index is 11.4. The van der Waals surface area contributed by atoms with Crippen molar-refractivity contribution in [2.45, 2.75) is 38.5 Å². The van der Waals surface area contributed by atoms with Gasteiger partial charge in [0.2, 0.25) is 5.91 Å². The average molecular weight is 238 g/mol. The number of allylic oxidation sites excluding steroid dienone is 1. The third-order valence-electron chi connectivity index (χ3n) is 2.53. The highest BCUT2D eigenvalue weighted by atomic mass is 16.4. The van der Waals surface area contributed by atoms with Crippen LogP contribution in [0.2, 0.25) is 0 Å². The molecule has 0 aliphatic carbocycles. The van der Waals surface area contributed by atoms with Crippen molar-refractivity contribution in [2.24, 2.45) is 4.99 Å². The molecule has 94 valence electrons. The Morgan fingerprint density at radius 3 is 2.82 bits per heavy atom. The maximum atomic E-state index is 11.4. The van der Waals surface area contributed by atoms with Crippen LogP contribution < -0.4 is 5.32 Å². The van der Waals surface area contributed by atoms with Gasteiger partial charge in [0.05, 0.1) is 0 Å². The van der Waals surface area contributed by atoms with Gasteiger partial charge in [0.25, 0.3) is 0 Å². The van der Waals surface area contributed by atoms with Gasteiger partial charge < -0.3 is 10.4 Å². The Morgan fingerprint density at radius 2 is 2.18 bits per heavy atom. The fourth-order valence-corrected chi connectivity index (χ4v) is 1.54. The van der Waals surface area contributed by atoms with E-state index in [4.69, 9.17) is 5.11 Å². The first-order valence-corrected chi connectivity index (χ1v) is 5.86. The number of hydrogen-bond donors (Lipinski definition) is 2. The van der Waals surface area contributed by atoms with Gasteiger partial charge in [-0.25, -0.2) is 0 Å². The summed E-state index contributed by atoms with van der Waals surface area (Å²) in [4.78, 5) is 25.6. The van der Waals surface area contributed by atoms with E-state index in [1.54, 1.807) is 6.20 Å². The topological polar surface area (TPSA) is 78.8 Å². The van der Waals surface area contributed by atoms with Gasteiger partial charge in [-0.3, -0.25) is 14.6 Å². The van der Waals surface area contributed by atoms with Gasteiger partial charge in [-0.1, -0.05) is 0 Å². The number of unbranched alkanes of at least 4 members (excludes halogenated alkanes) is 1. The molecule has 0 saturated heterocycles. The number of hydrogen-bond acceptors (Lipinski definition) is 3. The van der Waals surface area contributed by atoms with Crippen molar-refractivity contribution in [3.05, 3.63) is 11.8 Å². The van der Waals surface area contributed by atoms with Crippen LogP contribution in [0.3, 0.4) is 0 Å². The van der Waals surface area contributed by atoms with Crippen LogP contribution in [0.1, 0.15) is 38.5 Å². The van der Waals surface area contributed by atoms with Crippen LogP contribution in [0.15, 0.2) is 16.8 Å². The lowest BCUT2D eigenvalue weighted by Crippen LogP contribution is -2.24. The molecule has 1 aliphatic heterocycles. The van der Waals surface area contributed by atoms with Crippen molar-refractivity contribution in [3.8, 4) is 0 Å². The molecule has 2 N–H and O–H groups in total. The molecule has 5 heteroatoms. The molecule has 0 bridgehead atoms. The predicted molar refractivity (Wildman–Crippen MR) is 64.9 cm³/mol. The van der Waals surface area contributed by atoms with Gasteiger partial charge in [0.15, 0.2) is 0 Å². The minimum absolute atomic E-state index is 0.0214. The first kappa shape index (κ1) is 13.4. The lowest BCUT2D eigenvalue weighted by molar-refractivity contribution is -0.137. The lowest BCUT2D eigenvalue weighted by Gasteiger charge is -2.04. The second-order valence-electron chi connectivity index (χ2n) is 4.02. The Bertz CT molecular complexity index is 335. The largest absolute Gasteiger partial charge is 0.481 e. The molecule has 0 radical (unpaired) electrons. The second-order valence-corrected chi connectivity index (χ2v) is 4.02. The SMILES string of the molecule is O=C(O)CCCCNC(=O)CCC1=CN=CC1. The molecule has 5 nitrogen and oxygen atoms in total. The summed E-state index contributed by atoms with van der Waals surface area (Å²) in [5, 5.41) is 11.2. The number of rotatable bonds is 8. The number of aliphatic carboxylic acids is 1. The summed E-state index contributed by atoms with van der Waals surface area (Å²) < 4.78 is 0. The lowest BCUT2D eigenvalue weighted by atomic mass is 10.1. The zero-order chi connectivity index (χ0) is 12.5. The molecular weight excluding hydrogens is 220 g/mol. The summed E-state index contributed by atoms with van der Waals surface area (Å²) >= 11 is 0. The highest BCUT2D eigenvalue weighted by Gasteiger charge is 2.05. The minimum atomic E-state index is -0.788. The number of nitrogens with one attached hydrogen (secondary N) is 1. The molecule has 0 aromatic carbocycles. The Hall–Kier alpha value is -1.65. The Balaban J connectivity index is 1.96. The number of nitrogens with zero attached hydrogens (tertiary/aromatic N) is 1. The van der Waals surface area contributed by atoms with Crippen molar-refractivity contribution >= 4 is 18.1 Å². The number of carbonyl (C=O) groups is 2. The Labute approximate surface area is 101 Å². The third kappa shape index (κ3) is 6.50. The van der Waals surface area contributed by atoms with Gasteiger partial charge in [-0.05, 0) is 24.8 Å². The maximum Gasteiger partial charge on any atom is 0.303 e. The van der Waals surface area contributed by atoms with Crippen LogP contribution in [0.4, 0.5) is 0 Å². The molecule has 17 heavy (non-hydrogen) atoms. The van der Waals surface area contributed by atoms with Crippen molar-refractivity contribution in [3.63, 3.8) is 0 Å². The Kier molecular flexibility index (Phi) is 5.99. The quantitative estimate of drug-likeness (QED) is 0.629. The Morgan fingerprint density at radius 1 is 1.35 bits per heavy atom. The first-order chi connectivity index (χ1) is 8.18. The van der Waals surface area contributed by atoms with Crippen molar-refractivity contribution in [2.75, 3.05) is 6.54 Å². The minimum Gasteiger partial charge on any atom is -0.481 e. The fourth-order valence-electron chi connectivity index (χ4n) is 1.54. The molecular formula is C12H18N2O3. The van der Waals surface area contributed by atoms with Crippen molar-refractivity contribution in [1.29, 1.82) is 0 Å². The van der Waals surface area contributed by atoms with E-state index >= 15 is 0 Å². The van der Waals surface area contributed by atoms with Gasteiger partial charge in [-0.15, -0.1) is 0 Å². The summed E-state index contributed by atoms with van der Waals surface area (Å²) in [6.07, 6.45) is 7.21. The van der Waals surface area contributed by atoms with Crippen molar-refractivity contribution in [1.82, 2.24) is 5.32 Å². The molecule has 0 aromatic rings. The van der Waals surface area contributed by atoms with Gasteiger partial charge in [0, 0.05) is 38.2 Å². The monoisotopic (exact) mass is 238 g/mol. The number of amides is 1. The zero-order valence-electron chi connectivity index (χ0n) is 9.82. The normalized spacial score (nSPS) is 13.5. The molecule has 0 aromatic heterocycles. The van der Waals surface area contributed by atoms with Crippen LogP contribution >= 0.6 is 0 Å². The van der Waals surface area contributed by atoms with Crippen LogP contribution in [-0.2, 0) is 9.59 Å². The molecule has 0 atom stereocenters. The summed E-state index contributed by atoms with van der Waals surface area (Å²) in [6.45, 7) is 0.557.